The second kappa shape index (κ2) is 4.30. The van der Waals surface area contributed by atoms with E-state index in [1.165, 1.54) is 6.07 Å². The largest absolute Gasteiger partial charge is 0.316 e. The van der Waals surface area contributed by atoms with Crippen LogP contribution in [0.3, 0.4) is 0 Å². The van der Waals surface area contributed by atoms with Crippen molar-refractivity contribution in [2.75, 3.05) is 0 Å². The second-order valence-electron chi connectivity index (χ2n) is 2.83. The van der Waals surface area contributed by atoms with Gasteiger partial charge in [-0.15, -0.1) is 0 Å². The maximum atomic E-state index is 12.4. The van der Waals surface area contributed by atoms with Crippen molar-refractivity contribution in [3.05, 3.63) is 34.9 Å². The Balaban J connectivity index is 2.97. The van der Waals surface area contributed by atoms with E-state index in [0.29, 0.717) is 11.1 Å². The fourth-order valence-corrected chi connectivity index (χ4v) is 1.13. The van der Waals surface area contributed by atoms with E-state index < -0.39 is 6.43 Å². The minimum atomic E-state index is -2.46. The predicted octanol–water partition coefficient (Wildman–Crippen LogP) is 2.41. The molecule has 13 heavy (non-hydrogen) atoms. The van der Waals surface area contributed by atoms with Gasteiger partial charge < -0.3 is 5.21 Å². The normalized spacial score (nSPS) is 10.8. The molecular weight excluding hydrogens is 176 g/mol. The summed E-state index contributed by atoms with van der Waals surface area (Å²) in [6.45, 7) is 1.82. The standard InChI is InChI=1S/C9H11F2NO/c1-6-2-3-7(5-12-13)4-8(6)9(10)11/h2-4,9,12-13H,5H2,1H3. The van der Waals surface area contributed by atoms with E-state index in [1.807, 2.05) is 5.48 Å². The number of rotatable bonds is 3. The van der Waals surface area contributed by atoms with Crippen molar-refractivity contribution in [1.29, 1.82) is 0 Å². The topological polar surface area (TPSA) is 32.3 Å². The first-order valence-electron chi connectivity index (χ1n) is 3.89. The first-order valence-corrected chi connectivity index (χ1v) is 3.89. The average molecular weight is 187 g/mol. The summed E-state index contributed by atoms with van der Waals surface area (Å²) in [5, 5.41) is 8.38. The molecule has 0 aliphatic carbocycles. The molecule has 0 atom stereocenters. The van der Waals surface area contributed by atoms with Gasteiger partial charge in [-0.1, -0.05) is 12.1 Å². The van der Waals surface area contributed by atoms with E-state index in [-0.39, 0.29) is 12.1 Å². The van der Waals surface area contributed by atoms with Gasteiger partial charge in [-0.05, 0) is 24.1 Å². The Morgan fingerprint density at radius 2 is 2.15 bits per heavy atom. The number of hydrogen-bond donors (Lipinski definition) is 2. The molecule has 0 aliphatic rings. The smallest absolute Gasteiger partial charge is 0.264 e. The van der Waals surface area contributed by atoms with Crippen LogP contribution in [0.1, 0.15) is 23.1 Å². The third kappa shape index (κ3) is 2.47. The third-order valence-electron chi connectivity index (χ3n) is 1.86. The molecule has 0 heterocycles. The zero-order valence-electron chi connectivity index (χ0n) is 7.22. The first kappa shape index (κ1) is 10.1. The van der Waals surface area contributed by atoms with Gasteiger partial charge in [0.2, 0.25) is 0 Å². The number of aryl methyl sites for hydroxylation is 1. The maximum Gasteiger partial charge on any atom is 0.264 e. The number of alkyl halides is 2. The molecule has 0 saturated carbocycles. The molecular formula is C9H11F2NO. The van der Waals surface area contributed by atoms with Crippen molar-refractivity contribution in [3.8, 4) is 0 Å². The molecule has 72 valence electrons. The summed E-state index contributed by atoms with van der Waals surface area (Å²) >= 11 is 0. The van der Waals surface area contributed by atoms with Crippen molar-refractivity contribution in [1.82, 2.24) is 5.48 Å². The summed E-state index contributed by atoms with van der Waals surface area (Å²) in [5.41, 5.74) is 3.15. The summed E-state index contributed by atoms with van der Waals surface area (Å²) in [6, 6.07) is 4.71. The lowest BCUT2D eigenvalue weighted by Crippen LogP contribution is -2.06. The van der Waals surface area contributed by atoms with Crippen LogP contribution in [0.4, 0.5) is 8.78 Å². The summed E-state index contributed by atoms with van der Waals surface area (Å²) in [7, 11) is 0. The van der Waals surface area contributed by atoms with Crippen molar-refractivity contribution < 1.29 is 14.0 Å². The highest BCUT2D eigenvalue weighted by atomic mass is 19.3. The Bertz CT molecular complexity index is 289. The molecule has 0 fully saturated rings. The molecule has 0 aromatic heterocycles. The van der Waals surface area contributed by atoms with Gasteiger partial charge in [0.1, 0.15) is 0 Å². The Kier molecular flexibility index (Phi) is 3.33. The Labute approximate surface area is 75.2 Å². The monoisotopic (exact) mass is 187 g/mol. The molecule has 1 aromatic carbocycles. The molecule has 0 spiro atoms. The van der Waals surface area contributed by atoms with Gasteiger partial charge in [0.05, 0.1) is 0 Å². The molecule has 0 saturated heterocycles. The van der Waals surface area contributed by atoms with Crippen molar-refractivity contribution >= 4 is 0 Å². The Morgan fingerprint density at radius 3 is 2.69 bits per heavy atom. The van der Waals surface area contributed by atoms with Gasteiger partial charge in [-0.3, -0.25) is 0 Å². The fraction of sp³-hybridized carbons (Fsp3) is 0.333. The van der Waals surface area contributed by atoms with Crippen LogP contribution in [-0.2, 0) is 6.54 Å². The molecule has 0 unspecified atom stereocenters. The van der Waals surface area contributed by atoms with E-state index in [2.05, 4.69) is 0 Å². The van der Waals surface area contributed by atoms with Crippen molar-refractivity contribution in [2.24, 2.45) is 0 Å². The van der Waals surface area contributed by atoms with Crippen LogP contribution < -0.4 is 5.48 Å². The predicted molar refractivity (Wildman–Crippen MR) is 44.8 cm³/mol. The molecule has 0 aliphatic heterocycles. The number of hydroxylamine groups is 1. The van der Waals surface area contributed by atoms with Gasteiger partial charge in [0.15, 0.2) is 0 Å². The van der Waals surface area contributed by atoms with E-state index in [0.717, 1.165) is 0 Å². The molecule has 2 nitrogen and oxygen atoms in total. The number of benzene rings is 1. The third-order valence-corrected chi connectivity index (χ3v) is 1.86. The van der Waals surface area contributed by atoms with E-state index >= 15 is 0 Å². The molecule has 1 aromatic rings. The van der Waals surface area contributed by atoms with E-state index in [4.69, 9.17) is 5.21 Å². The van der Waals surface area contributed by atoms with Crippen LogP contribution in [0, 0.1) is 6.92 Å². The van der Waals surface area contributed by atoms with Crippen LogP contribution in [0.25, 0.3) is 0 Å². The maximum absolute atomic E-state index is 12.4. The lowest BCUT2D eigenvalue weighted by molar-refractivity contribution is 0.149. The minimum Gasteiger partial charge on any atom is -0.316 e. The number of nitrogens with one attached hydrogen (secondary N) is 1. The molecule has 0 radical (unpaired) electrons. The summed E-state index contributed by atoms with van der Waals surface area (Å²) in [6.07, 6.45) is -2.46. The van der Waals surface area contributed by atoms with E-state index in [9.17, 15) is 8.78 Å². The lowest BCUT2D eigenvalue weighted by Gasteiger charge is -2.06. The highest BCUT2D eigenvalue weighted by Gasteiger charge is 2.10. The van der Waals surface area contributed by atoms with Gasteiger partial charge in [-0.2, -0.15) is 0 Å². The number of hydrogen-bond acceptors (Lipinski definition) is 2. The molecule has 0 amide bonds. The zero-order chi connectivity index (χ0) is 9.84. The highest BCUT2D eigenvalue weighted by Crippen LogP contribution is 2.23. The quantitative estimate of drug-likeness (QED) is 0.712. The molecule has 4 heteroatoms. The van der Waals surface area contributed by atoms with Crippen LogP contribution in [0.2, 0.25) is 0 Å². The second-order valence-corrected chi connectivity index (χ2v) is 2.83. The van der Waals surface area contributed by atoms with E-state index in [1.54, 1.807) is 19.1 Å². The highest BCUT2D eigenvalue weighted by molar-refractivity contribution is 5.31. The van der Waals surface area contributed by atoms with Crippen LogP contribution in [-0.4, -0.2) is 5.21 Å². The van der Waals surface area contributed by atoms with Crippen molar-refractivity contribution in [2.45, 2.75) is 19.9 Å². The fourth-order valence-electron chi connectivity index (χ4n) is 1.13. The van der Waals surface area contributed by atoms with Gasteiger partial charge in [-0.25, -0.2) is 14.3 Å². The first-order chi connectivity index (χ1) is 6.15. The lowest BCUT2D eigenvalue weighted by atomic mass is 10.1. The van der Waals surface area contributed by atoms with Gasteiger partial charge in [0, 0.05) is 12.1 Å². The van der Waals surface area contributed by atoms with Gasteiger partial charge >= 0.3 is 0 Å². The summed E-state index contributed by atoms with van der Waals surface area (Å²) in [4.78, 5) is 0. The summed E-state index contributed by atoms with van der Waals surface area (Å²) < 4.78 is 24.7. The van der Waals surface area contributed by atoms with Crippen LogP contribution >= 0.6 is 0 Å². The molecule has 2 N–H and O–H groups in total. The number of halogens is 2. The van der Waals surface area contributed by atoms with Crippen LogP contribution in [0.5, 0.6) is 0 Å². The van der Waals surface area contributed by atoms with Crippen LogP contribution in [0.15, 0.2) is 18.2 Å². The SMILES string of the molecule is Cc1ccc(CNO)cc1C(F)F. The summed E-state index contributed by atoms with van der Waals surface area (Å²) in [5.74, 6) is 0. The average Bonchev–Trinajstić information content (AvgIpc) is 2.08. The Hall–Kier alpha value is -1.00. The molecule has 0 bridgehead atoms. The van der Waals surface area contributed by atoms with Gasteiger partial charge in [0.25, 0.3) is 6.43 Å². The Morgan fingerprint density at radius 1 is 1.46 bits per heavy atom. The minimum absolute atomic E-state index is 0.0211. The van der Waals surface area contributed by atoms with Crippen molar-refractivity contribution in [3.63, 3.8) is 0 Å². The molecule has 1 rings (SSSR count). The zero-order valence-corrected chi connectivity index (χ0v) is 7.22.